The smallest absolute Gasteiger partial charge is 0.229 e. The molecular formula is C27H25N9O. The zero-order valence-electron chi connectivity index (χ0n) is 20.9. The molecule has 6 aromatic rings. The molecule has 10 heteroatoms. The fourth-order valence-electron chi connectivity index (χ4n) is 4.12. The zero-order chi connectivity index (χ0) is 25.7. The second-order valence-electron chi connectivity index (χ2n) is 10.0. The first-order chi connectivity index (χ1) is 17.8. The van der Waals surface area contributed by atoms with Crippen LogP contribution in [0.3, 0.4) is 0 Å². The highest BCUT2D eigenvalue weighted by molar-refractivity contribution is 5.97. The summed E-state index contributed by atoms with van der Waals surface area (Å²) < 4.78 is 1.86. The van der Waals surface area contributed by atoms with Gasteiger partial charge in [0.2, 0.25) is 5.91 Å². The number of amides is 1. The number of H-pyrrole nitrogens is 2. The Morgan fingerprint density at radius 2 is 1.89 bits per heavy atom. The number of nitrogens with one attached hydrogen (secondary N) is 3. The highest BCUT2D eigenvalue weighted by Crippen LogP contribution is 2.32. The first-order valence-electron chi connectivity index (χ1n) is 11.9. The van der Waals surface area contributed by atoms with Crippen molar-refractivity contribution in [2.75, 3.05) is 5.32 Å². The number of fused-ring (bicyclic) bond motifs is 2. The number of aromatic amines is 2. The van der Waals surface area contributed by atoms with Gasteiger partial charge in [0, 0.05) is 35.0 Å². The van der Waals surface area contributed by atoms with E-state index in [1.165, 1.54) is 0 Å². The van der Waals surface area contributed by atoms with Crippen LogP contribution in [0, 0.1) is 12.3 Å². The number of nitrogens with zero attached hydrogens (tertiary/aromatic N) is 6. The maximum absolute atomic E-state index is 12.4. The molecule has 0 unspecified atom stereocenters. The Hall–Kier alpha value is -4.86. The summed E-state index contributed by atoms with van der Waals surface area (Å²) in [7, 11) is 0. The monoisotopic (exact) mass is 491 g/mol. The summed E-state index contributed by atoms with van der Waals surface area (Å²) in [5.41, 5.74) is 6.04. The average molecular weight is 492 g/mol. The molecule has 0 aliphatic heterocycles. The van der Waals surface area contributed by atoms with Gasteiger partial charge in [0.05, 0.1) is 28.6 Å². The second-order valence-corrected chi connectivity index (χ2v) is 10.0. The van der Waals surface area contributed by atoms with Gasteiger partial charge in [-0.15, -0.1) is 0 Å². The molecular weight excluding hydrogens is 466 g/mol. The summed E-state index contributed by atoms with van der Waals surface area (Å²) in [4.78, 5) is 33.9. The molecule has 0 radical (unpaired) electrons. The van der Waals surface area contributed by atoms with Crippen molar-refractivity contribution < 1.29 is 4.79 Å². The first kappa shape index (κ1) is 22.6. The summed E-state index contributed by atoms with van der Waals surface area (Å²) in [5, 5.41) is 11.5. The second kappa shape index (κ2) is 8.37. The third-order valence-electron chi connectivity index (χ3n) is 6.14. The fourth-order valence-corrected chi connectivity index (χ4v) is 4.12. The van der Waals surface area contributed by atoms with E-state index in [1.807, 2.05) is 68.8 Å². The maximum atomic E-state index is 12.4. The largest absolute Gasteiger partial charge is 0.336 e. The lowest BCUT2D eigenvalue weighted by atomic mass is 9.95. The Balaban J connectivity index is 1.40. The molecule has 0 fully saturated rings. The van der Waals surface area contributed by atoms with Crippen molar-refractivity contribution in [2.24, 2.45) is 5.41 Å². The number of anilines is 1. The summed E-state index contributed by atoms with van der Waals surface area (Å²) in [6.07, 6.45) is 8.82. The molecule has 1 amide bonds. The van der Waals surface area contributed by atoms with Crippen LogP contribution in [0.2, 0.25) is 0 Å². The zero-order valence-corrected chi connectivity index (χ0v) is 20.9. The van der Waals surface area contributed by atoms with Crippen molar-refractivity contribution in [1.29, 1.82) is 0 Å². The Kier molecular flexibility index (Phi) is 5.11. The number of hydrogen-bond acceptors (Lipinski definition) is 6. The van der Waals surface area contributed by atoms with E-state index in [2.05, 4.69) is 35.5 Å². The van der Waals surface area contributed by atoms with E-state index in [9.17, 15) is 4.79 Å². The van der Waals surface area contributed by atoms with Crippen LogP contribution >= 0.6 is 0 Å². The van der Waals surface area contributed by atoms with Crippen LogP contribution in [-0.4, -0.2) is 45.6 Å². The number of carbonyl (C=O) groups is 1. The molecule has 1 aromatic carbocycles. The van der Waals surface area contributed by atoms with Crippen molar-refractivity contribution in [2.45, 2.75) is 27.7 Å². The minimum absolute atomic E-state index is 0.0661. The molecule has 0 spiro atoms. The molecule has 0 atom stereocenters. The minimum Gasteiger partial charge on any atom is -0.336 e. The van der Waals surface area contributed by atoms with Gasteiger partial charge in [-0.2, -0.15) is 5.10 Å². The molecule has 3 N–H and O–H groups in total. The molecule has 0 bridgehead atoms. The van der Waals surface area contributed by atoms with Crippen molar-refractivity contribution >= 4 is 33.5 Å². The van der Waals surface area contributed by atoms with Crippen LogP contribution in [0.4, 0.5) is 5.69 Å². The molecule has 0 aliphatic carbocycles. The van der Waals surface area contributed by atoms with Gasteiger partial charge in [-0.1, -0.05) is 26.8 Å². The van der Waals surface area contributed by atoms with Crippen LogP contribution in [0.25, 0.3) is 50.4 Å². The molecule has 10 nitrogen and oxygen atoms in total. The van der Waals surface area contributed by atoms with Crippen LogP contribution in [0.5, 0.6) is 0 Å². The number of hydrogen-bond donors (Lipinski definition) is 3. The van der Waals surface area contributed by atoms with Gasteiger partial charge < -0.3 is 10.3 Å². The number of benzene rings is 1. The molecule has 5 aromatic heterocycles. The quantitative estimate of drug-likeness (QED) is 0.317. The van der Waals surface area contributed by atoms with Crippen molar-refractivity contribution in [3.05, 3.63) is 67.1 Å². The van der Waals surface area contributed by atoms with Crippen molar-refractivity contribution in [1.82, 2.24) is 39.7 Å². The summed E-state index contributed by atoms with van der Waals surface area (Å²) in [6, 6.07) is 9.84. The van der Waals surface area contributed by atoms with Crippen LogP contribution < -0.4 is 5.32 Å². The van der Waals surface area contributed by atoms with E-state index in [-0.39, 0.29) is 5.91 Å². The number of pyridine rings is 2. The predicted molar refractivity (Wildman–Crippen MR) is 142 cm³/mol. The van der Waals surface area contributed by atoms with E-state index in [0.717, 1.165) is 38.8 Å². The number of rotatable bonds is 4. The highest BCUT2D eigenvalue weighted by atomic mass is 16.2. The Bertz CT molecular complexity index is 1780. The predicted octanol–water partition coefficient (Wildman–Crippen LogP) is 5.04. The van der Waals surface area contributed by atoms with Gasteiger partial charge in [0.25, 0.3) is 0 Å². The summed E-state index contributed by atoms with van der Waals surface area (Å²) in [6.45, 7) is 7.56. The van der Waals surface area contributed by atoms with Gasteiger partial charge in [0.1, 0.15) is 17.5 Å². The van der Waals surface area contributed by atoms with Gasteiger partial charge in [-0.25, -0.2) is 15.0 Å². The first-order valence-corrected chi connectivity index (χ1v) is 11.9. The van der Waals surface area contributed by atoms with Crippen molar-refractivity contribution in [3.63, 3.8) is 0 Å². The van der Waals surface area contributed by atoms with E-state index in [0.29, 0.717) is 23.0 Å². The van der Waals surface area contributed by atoms with E-state index >= 15 is 0 Å². The molecule has 0 aliphatic rings. The van der Waals surface area contributed by atoms with Crippen molar-refractivity contribution in [3.8, 4) is 28.5 Å². The van der Waals surface area contributed by atoms with E-state index in [1.54, 1.807) is 24.9 Å². The summed E-state index contributed by atoms with van der Waals surface area (Å²) in [5.74, 6) is 1.26. The topological polar surface area (TPSA) is 130 Å². The molecule has 184 valence electrons. The van der Waals surface area contributed by atoms with Crippen LogP contribution in [-0.2, 0) is 4.79 Å². The lowest BCUT2D eigenvalue weighted by Crippen LogP contribution is -2.27. The van der Waals surface area contributed by atoms with E-state index < -0.39 is 5.41 Å². The minimum atomic E-state index is -0.501. The van der Waals surface area contributed by atoms with Gasteiger partial charge in [-0.3, -0.25) is 19.4 Å². The Labute approximate surface area is 212 Å². The van der Waals surface area contributed by atoms with Crippen LogP contribution in [0.15, 0.2) is 61.4 Å². The lowest BCUT2D eigenvalue weighted by Gasteiger charge is -2.17. The molecule has 5 heterocycles. The standard InChI is InChI=1S/C27H25N9O/c1-15-13-36(14-30-15)25-23-21(7-8-29-25)32-24(33-23)22-19-10-16(5-6-20(19)34-35-22)17-9-18(12-28-11-17)31-26(37)27(2,3)4/h5-14H,1-4H3,(H,31,37)(H,32,33)(H,34,35). The van der Waals surface area contributed by atoms with Gasteiger partial charge in [0.15, 0.2) is 11.6 Å². The number of imidazole rings is 2. The number of carbonyl (C=O) groups excluding carboxylic acids is 1. The normalized spacial score (nSPS) is 11.9. The van der Waals surface area contributed by atoms with E-state index in [4.69, 9.17) is 4.98 Å². The molecule has 0 saturated carbocycles. The SMILES string of the molecule is Cc1cn(-c2nccc3[nH]c(-c4n[nH]c5ccc(-c6cncc(NC(=O)C(C)(C)C)c6)cc45)nc23)cn1. The highest BCUT2D eigenvalue weighted by Gasteiger charge is 2.21. The molecule has 37 heavy (non-hydrogen) atoms. The third-order valence-corrected chi connectivity index (χ3v) is 6.14. The third kappa shape index (κ3) is 4.12. The molecule has 0 saturated heterocycles. The van der Waals surface area contributed by atoms with Gasteiger partial charge in [-0.05, 0) is 36.8 Å². The average Bonchev–Trinajstić information content (AvgIpc) is 3.60. The van der Waals surface area contributed by atoms with Gasteiger partial charge >= 0.3 is 0 Å². The molecule has 6 rings (SSSR count). The lowest BCUT2D eigenvalue weighted by molar-refractivity contribution is -0.123. The Morgan fingerprint density at radius 1 is 1.03 bits per heavy atom. The number of aromatic nitrogens is 8. The number of aryl methyl sites for hydroxylation is 1. The Morgan fingerprint density at radius 3 is 2.68 bits per heavy atom. The maximum Gasteiger partial charge on any atom is 0.229 e. The fraction of sp³-hybridized carbons (Fsp3) is 0.185. The van der Waals surface area contributed by atoms with Crippen LogP contribution in [0.1, 0.15) is 26.5 Å². The summed E-state index contributed by atoms with van der Waals surface area (Å²) >= 11 is 0.